The molecule has 30 heavy (non-hydrogen) atoms. The average Bonchev–Trinajstić information content (AvgIpc) is 3.16. The summed E-state index contributed by atoms with van der Waals surface area (Å²) >= 11 is 1.26. The molecule has 160 valence electrons. The zero-order chi connectivity index (χ0) is 22.4. The molecule has 0 radical (unpaired) electrons. The maximum atomic E-state index is 12.9. The Morgan fingerprint density at radius 2 is 1.83 bits per heavy atom. The van der Waals surface area contributed by atoms with E-state index in [1.165, 1.54) is 11.3 Å². The Morgan fingerprint density at radius 3 is 2.43 bits per heavy atom. The molecule has 2 amide bonds. The number of nitrogens with one attached hydrogen (secondary N) is 1. The summed E-state index contributed by atoms with van der Waals surface area (Å²) < 4.78 is 39.7. The maximum Gasteiger partial charge on any atom is 0.453 e. The number of thiophene rings is 1. The highest BCUT2D eigenvalue weighted by Crippen LogP contribution is 2.32. The number of nitrogens with zero attached hydrogens (tertiary/aromatic N) is 4. The Labute approximate surface area is 173 Å². The third-order valence-electron chi connectivity index (χ3n) is 4.79. The van der Waals surface area contributed by atoms with Crippen LogP contribution in [0.2, 0.25) is 0 Å². The number of aryl methyl sites for hydroxylation is 3. The molecule has 0 saturated heterocycles. The van der Waals surface area contributed by atoms with E-state index in [2.05, 4.69) is 20.4 Å². The van der Waals surface area contributed by atoms with Crippen molar-refractivity contribution in [3.8, 4) is 0 Å². The highest BCUT2D eigenvalue weighted by atomic mass is 32.1. The number of carbonyl (C=O) groups is 2. The minimum absolute atomic E-state index is 0.0316. The van der Waals surface area contributed by atoms with E-state index in [9.17, 15) is 22.8 Å². The molecule has 3 rings (SSSR count). The van der Waals surface area contributed by atoms with E-state index >= 15 is 0 Å². The predicted molar refractivity (Wildman–Crippen MR) is 105 cm³/mol. The van der Waals surface area contributed by atoms with Gasteiger partial charge >= 0.3 is 6.18 Å². The number of rotatable bonds is 5. The van der Waals surface area contributed by atoms with Gasteiger partial charge in [0.15, 0.2) is 0 Å². The Hall–Kier alpha value is -3.02. The number of halogens is 3. The van der Waals surface area contributed by atoms with Crippen LogP contribution >= 0.6 is 11.3 Å². The number of primary amides is 1. The van der Waals surface area contributed by atoms with E-state index in [0.717, 1.165) is 15.0 Å². The van der Waals surface area contributed by atoms with Gasteiger partial charge in [0.2, 0.25) is 5.91 Å². The maximum absolute atomic E-state index is 12.9. The van der Waals surface area contributed by atoms with Crippen molar-refractivity contribution in [2.45, 2.75) is 46.7 Å². The number of anilines is 1. The van der Waals surface area contributed by atoms with Crippen LogP contribution in [-0.2, 0) is 17.4 Å². The van der Waals surface area contributed by atoms with Gasteiger partial charge in [0.1, 0.15) is 5.00 Å². The molecule has 3 heterocycles. The lowest BCUT2D eigenvalue weighted by Gasteiger charge is -2.10. The Balaban J connectivity index is 1.81. The van der Waals surface area contributed by atoms with Crippen molar-refractivity contribution in [1.82, 2.24) is 19.6 Å². The molecule has 0 unspecified atom stereocenters. The lowest BCUT2D eigenvalue weighted by Crippen LogP contribution is -2.18. The van der Waals surface area contributed by atoms with Crippen LogP contribution in [0.25, 0.3) is 5.78 Å². The fourth-order valence-corrected chi connectivity index (χ4v) is 4.21. The third kappa shape index (κ3) is 3.99. The van der Waals surface area contributed by atoms with E-state index in [1.807, 2.05) is 6.92 Å². The number of nitrogens with two attached hydrogens (primary N) is 1. The summed E-state index contributed by atoms with van der Waals surface area (Å²) in [5, 5.41) is 6.57. The van der Waals surface area contributed by atoms with E-state index in [0.29, 0.717) is 22.0 Å². The molecule has 3 aromatic rings. The topological polar surface area (TPSA) is 115 Å². The average molecular weight is 440 g/mol. The van der Waals surface area contributed by atoms with E-state index in [-0.39, 0.29) is 30.1 Å². The predicted octanol–water partition coefficient (Wildman–Crippen LogP) is 3.11. The second-order valence-electron chi connectivity index (χ2n) is 6.81. The number of amides is 2. The molecule has 8 nitrogen and oxygen atoms in total. The van der Waals surface area contributed by atoms with Gasteiger partial charge in [-0.1, -0.05) is 0 Å². The van der Waals surface area contributed by atoms with Crippen LogP contribution in [-0.4, -0.2) is 31.4 Å². The van der Waals surface area contributed by atoms with Crippen molar-refractivity contribution in [2.24, 2.45) is 5.73 Å². The van der Waals surface area contributed by atoms with Gasteiger partial charge in [-0.25, -0.2) is 9.50 Å². The van der Waals surface area contributed by atoms with Crippen LogP contribution in [0.1, 0.15) is 50.0 Å². The Kier molecular flexibility index (Phi) is 5.54. The zero-order valence-corrected chi connectivity index (χ0v) is 17.5. The molecular formula is C18H19F3N6O2S. The van der Waals surface area contributed by atoms with Crippen LogP contribution in [0.3, 0.4) is 0 Å². The summed E-state index contributed by atoms with van der Waals surface area (Å²) in [7, 11) is 0. The second kappa shape index (κ2) is 7.67. The first-order valence-corrected chi connectivity index (χ1v) is 9.71. The van der Waals surface area contributed by atoms with Gasteiger partial charge in [0.25, 0.3) is 17.5 Å². The van der Waals surface area contributed by atoms with Crippen LogP contribution in [0.15, 0.2) is 0 Å². The fraction of sp³-hybridized carbons (Fsp3) is 0.389. The normalized spacial score (nSPS) is 11.8. The molecule has 0 aromatic carbocycles. The van der Waals surface area contributed by atoms with Gasteiger partial charge in [0.05, 0.1) is 5.56 Å². The quantitative estimate of drug-likeness (QED) is 0.633. The van der Waals surface area contributed by atoms with Crippen LogP contribution in [0.5, 0.6) is 0 Å². The van der Waals surface area contributed by atoms with Crippen molar-refractivity contribution in [3.63, 3.8) is 0 Å². The summed E-state index contributed by atoms with van der Waals surface area (Å²) in [4.78, 5) is 32.5. The SMILES string of the molecule is Cc1nc2nc(C(F)(F)F)nn2c(C)c1CCC(=O)Nc1sc(C)c(C)c1C(N)=O. The molecule has 0 fully saturated rings. The Morgan fingerprint density at radius 1 is 1.17 bits per heavy atom. The molecule has 0 bridgehead atoms. The number of hydrogen-bond acceptors (Lipinski definition) is 6. The van der Waals surface area contributed by atoms with Crippen LogP contribution < -0.4 is 11.1 Å². The van der Waals surface area contributed by atoms with E-state index in [1.54, 1.807) is 20.8 Å². The van der Waals surface area contributed by atoms with Crippen molar-refractivity contribution in [1.29, 1.82) is 0 Å². The zero-order valence-electron chi connectivity index (χ0n) is 16.6. The summed E-state index contributed by atoms with van der Waals surface area (Å²) in [6.07, 6.45) is -4.42. The highest BCUT2D eigenvalue weighted by Gasteiger charge is 2.37. The summed E-state index contributed by atoms with van der Waals surface area (Å²) in [6, 6.07) is 0. The van der Waals surface area contributed by atoms with Crippen LogP contribution in [0.4, 0.5) is 18.2 Å². The standard InChI is InChI=1S/C18H19F3N6O2S/c1-7-10(4)30-15(13(7)14(22)29)24-12(28)6-5-11-8(2)23-17-25-16(18(19,20)21)26-27(17)9(11)3/h5-6H2,1-4H3,(H2,22,29)(H,24,28). The lowest BCUT2D eigenvalue weighted by molar-refractivity contribution is -0.144. The molecule has 0 aliphatic heterocycles. The van der Waals surface area contributed by atoms with Crippen molar-refractivity contribution >= 4 is 33.9 Å². The molecule has 0 aliphatic carbocycles. The van der Waals surface area contributed by atoms with Crippen molar-refractivity contribution in [3.05, 3.63) is 38.8 Å². The van der Waals surface area contributed by atoms with Gasteiger partial charge in [0, 0.05) is 22.7 Å². The van der Waals surface area contributed by atoms with Crippen LogP contribution in [0, 0.1) is 27.7 Å². The largest absolute Gasteiger partial charge is 0.453 e. The number of fused-ring (bicyclic) bond motifs is 1. The first kappa shape index (κ1) is 21.7. The minimum atomic E-state index is -4.68. The lowest BCUT2D eigenvalue weighted by atomic mass is 10.1. The van der Waals surface area contributed by atoms with Gasteiger partial charge in [-0.2, -0.15) is 18.2 Å². The number of alkyl halides is 3. The summed E-state index contributed by atoms with van der Waals surface area (Å²) in [5.41, 5.74) is 7.90. The first-order chi connectivity index (χ1) is 13.9. The van der Waals surface area contributed by atoms with E-state index in [4.69, 9.17) is 5.73 Å². The molecule has 3 aromatic heterocycles. The fourth-order valence-electron chi connectivity index (χ4n) is 3.13. The monoisotopic (exact) mass is 440 g/mol. The van der Waals surface area contributed by atoms with Gasteiger partial charge in [-0.15, -0.1) is 16.4 Å². The molecule has 12 heteroatoms. The molecule has 3 N–H and O–H groups in total. The molecule has 0 aliphatic rings. The second-order valence-corrected chi connectivity index (χ2v) is 8.03. The smallest absolute Gasteiger partial charge is 0.365 e. The van der Waals surface area contributed by atoms with Gasteiger partial charge in [-0.05, 0) is 45.2 Å². The summed E-state index contributed by atoms with van der Waals surface area (Å²) in [5.74, 6) is -2.40. The van der Waals surface area contributed by atoms with E-state index < -0.39 is 17.9 Å². The number of hydrogen-bond donors (Lipinski definition) is 2. The minimum Gasteiger partial charge on any atom is -0.365 e. The molecule has 0 saturated carbocycles. The number of carbonyl (C=O) groups excluding carboxylic acids is 2. The molecule has 0 atom stereocenters. The van der Waals surface area contributed by atoms with Gasteiger partial charge < -0.3 is 11.1 Å². The third-order valence-corrected chi connectivity index (χ3v) is 5.91. The molecule has 0 spiro atoms. The molecular weight excluding hydrogens is 421 g/mol. The summed E-state index contributed by atoms with van der Waals surface area (Å²) in [6.45, 7) is 6.81. The highest BCUT2D eigenvalue weighted by molar-refractivity contribution is 7.16. The van der Waals surface area contributed by atoms with Gasteiger partial charge in [-0.3, -0.25) is 9.59 Å². The van der Waals surface area contributed by atoms with Crippen molar-refractivity contribution in [2.75, 3.05) is 5.32 Å². The number of aromatic nitrogens is 4. The van der Waals surface area contributed by atoms with Crippen molar-refractivity contribution < 1.29 is 22.8 Å². The first-order valence-electron chi connectivity index (χ1n) is 8.89. The Bertz CT molecular complexity index is 1170.